The highest BCUT2D eigenvalue weighted by molar-refractivity contribution is 7.99. The predicted molar refractivity (Wildman–Crippen MR) is 99.7 cm³/mol. The molecule has 6 nitrogen and oxygen atoms in total. The van der Waals surface area contributed by atoms with E-state index in [0.29, 0.717) is 23.8 Å². The molecule has 0 saturated heterocycles. The van der Waals surface area contributed by atoms with E-state index in [0.717, 1.165) is 11.9 Å². The highest BCUT2D eigenvalue weighted by atomic mass is 32.2. The van der Waals surface area contributed by atoms with Crippen LogP contribution in [0.25, 0.3) is 5.52 Å². The molecule has 2 unspecified atom stereocenters. The van der Waals surface area contributed by atoms with Gasteiger partial charge in [0.1, 0.15) is 0 Å². The first-order valence-electron chi connectivity index (χ1n) is 8.42. The van der Waals surface area contributed by atoms with Crippen molar-refractivity contribution in [2.75, 3.05) is 18.6 Å². The summed E-state index contributed by atoms with van der Waals surface area (Å²) in [7, 11) is 0. The van der Waals surface area contributed by atoms with Gasteiger partial charge in [0.15, 0.2) is 0 Å². The summed E-state index contributed by atoms with van der Waals surface area (Å²) in [5.41, 5.74) is 1.39. The summed E-state index contributed by atoms with van der Waals surface area (Å²) in [6, 6.07) is 5.58. The number of pyridine rings is 1. The molecule has 25 heavy (non-hydrogen) atoms. The summed E-state index contributed by atoms with van der Waals surface area (Å²) in [6.07, 6.45) is 6.31. The van der Waals surface area contributed by atoms with E-state index in [2.05, 4.69) is 29.6 Å². The number of hydrogen-bond acceptors (Lipinski definition) is 4. The number of nitrogens with zero attached hydrogens (tertiary/aromatic N) is 2. The molecule has 2 aromatic rings. The second-order valence-corrected chi connectivity index (χ2v) is 7.97. The van der Waals surface area contributed by atoms with Gasteiger partial charge in [-0.15, -0.1) is 0 Å². The van der Waals surface area contributed by atoms with Crippen molar-refractivity contribution >= 4 is 29.1 Å². The van der Waals surface area contributed by atoms with Gasteiger partial charge < -0.3 is 10.6 Å². The fourth-order valence-corrected chi connectivity index (χ4v) is 3.77. The van der Waals surface area contributed by atoms with Crippen LogP contribution in [0.5, 0.6) is 0 Å². The molecule has 2 amide bonds. The van der Waals surface area contributed by atoms with Crippen molar-refractivity contribution in [1.29, 1.82) is 0 Å². The number of thioether (sulfide) groups is 1. The molecule has 2 aromatic heterocycles. The zero-order valence-electron chi connectivity index (χ0n) is 14.8. The number of carbonyl (C=O) groups excluding carboxylic acids is 2. The van der Waals surface area contributed by atoms with E-state index >= 15 is 0 Å². The van der Waals surface area contributed by atoms with E-state index in [1.165, 1.54) is 11.8 Å². The Balaban J connectivity index is 1.60. The van der Waals surface area contributed by atoms with Crippen LogP contribution in [0, 0.1) is 11.3 Å². The molecular weight excluding hydrogens is 336 g/mol. The SMILES string of the molecule is CSCC(=O)NCC1CC(NC(=O)c2cccn3nccc23)C1(C)C. The van der Waals surface area contributed by atoms with Gasteiger partial charge in [-0.25, -0.2) is 4.52 Å². The van der Waals surface area contributed by atoms with Crippen molar-refractivity contribution in [2.24, 2.45) is 11.3 Å². The van der Waals surface area contributed by atoms with Crippen LogP contribution >= 0.6 is 11.8 Å². The summed E-state index contributed by atoms with van der Waals surface area (Å²) in [5.74, 6) is 0.856. The Hall–Kier alpha value is -2.02. The molecule has 1 aliphatic rings. The monoisotopic (exact) mass is 360 g/mol. The highest BCUT2D eigenvalue weighted by Gasteiger charge is 2.48. The number of fused-ring (bicyclic) bond motifs is 1. The second kappa shape index (κ2) is 7.07. The van der Waals surface area contributed by atoms with Gasteiger partial charge in [-0.3, -0.25) is 9.59 Å². The van der Waals surface area contributed by atoms with Gasteiger partial charge in [0.25, 0.3) is 5.91 Å². The minimum Gasteiger partial charge on any atom is -0.355 e. The van der Waals surface area contributed by atoms with Crippen LogP contribution in [0.1, 0.15) is 30.6 Å². The first-order valence-corrected chi connectivity index (χ1v) is 9.81. The minimum atomic E-state index is -0.0750. The maximum atomic E-state index is 12.7. The Bertz CT molecular complexity index is 786. The second-order valence-electron chi connectivity index (χ2n) is 7.10. The third-order valence-electron chi connectivity index (χ3n) is 5.28. The maximum absolute atomic E-state index is 12.7. The lowest BCUT2D eigenvalue weighted by Crippen LogP contribution is -2.60. The Kier molecular flexibility index (Phi) is 5.03. The molecule has 1 fully saturated rings. The maximum Gasteiger partial charge on any atom is 0.253 e. The fourth-order valence-electron chi connectivity index (χ4n) is 3.41. The van der Waals surface area contributed by atoms with Crippen molar-refractivity contribution < 1.29 is 9.59 Å². The first kappa shape index (κ1) is 17.8. The molecule has 3 rings (SSSR count). The van der Waals surface area contributed by atoms with Crippen LogP contribution < -0.4 is 10.6 Å². The van der Waals surface area contributed by atoms with E-state index in [1.54, 1.807) is 10.7 Å². The Morgan fingerprint density at radius 1 is 1.40 bits per heavy atom. The minimum absolute atomic E-state index is 0.0480. The lowest BCUT2D eigenvalue weighted by atomic mass is 9.58. The molecule has 1 aliphatic carbocycles. The molecule has 2 N–H and O–H groups in total. The molecule has 0 spiro atoms. The molecule has 7 heteroatoms. The quantitative estimate of drug-likeness (QED) is 0.826. The van der Waals surface area contributed by atoms with Gasteiger partial charge in [0.05, 0.1) is 23.0 Å². The summed E-state index contributed by atoms with van der Waals surface area (Å²) in [4.78, 5) is 24.3. The largest absolute Gasteiger partial charge is 0.355 e. The van der Waals surface area contributed by atoms with Crippen LogP contribution in [0.3, 0.4) is 0 Å². The molecule has 0 aliphatic heterocycles. The smallest absolute Gasteiger partial charge is 0.253 e. The van der Waals surface area contributed by atoms with Crippen molar-refractivity contribution in [3.8, 4) is 0 Å². The zero-order chi connectivity index (χ0) is 18.0. The first-order chi connectivity index (χ1) is 11.9. The Morgan fingerprint density at radius 2 is 2.20 bits per heavy atom. The van der Waals surface area contributed by atoms with E-state index < -0.39 is 0 Å². The van der Waals surface area contributed by atoms with Gasteiger partial charge >= 0.3 is 0 Å². The van der Waals surface area contributed by atoms with Gasteiger partial charge in [-0.1, -0.05) is 13.8 Å². The number of aromatic nitrogens is 2. The van der Waals surface area contributed by atoms with E-state index in [-0.39, 0.29) is 23.3 Å². The van der Waals surface area contributed by atoms with Gasteiger partial charge in [-0.2, -0.15) is 16.9 Å². The number of carbonyl (C=O) groups is 2. The molecule has 1 saturated carbocycles. The molecule has 0 aromatic carbocycles. The van der Waals surface area contributed by atoms with Gasteiger partial charge in [-0.05, 0) is 42.2 Å². The molecule has 0 radical (unpaired) electrons. The fraction of sp³-hybridized carbons (Fsp3) is 0.500. The Morgan fingerprint density at radius 3 is 2.92 bits per heavy atom. The summed E-state index contributed by atoms with van der Waals surface area (Å²) in [6.45, 7) is 4.95. The molecule has 134 valence electrons. The van der Waals surface area contributed by atoms with Crippen molar-refractivity contribution in [3.05, 3.63) is 36.2 Å². The zero-order valence-corrected chi connectivity index (χ0v) is 15.6. The average Bonchev–Trinajstić information content (AvgIpc) is 3.06. The highest BCUT2D eigenvalue weighted by Crippen LogP contribution is 2.45. The van der Waals surface area contributed by atoms with Crippen LogP contribution in [0.15, 0.2) is 30.6 Å². The van der Waals surface area contributed by atoms with Crippen molar-refractivity contribution in [3.63, 3.8) is 0 Å². The number of hydrogen-bond donors (Lipinski definition) is 2. The van der Waals surface area contributed by atoms with E-state index in [1.807, 2.05) is 30.7 Å². The lowest BCUT2D eigenvalue weighted by molar-refractivity contribution is -0.119. The molecule has 2 atom stereocenters. The normalized spacial score (nSPS) is 21.6. The van der Waals surface area contributed by atoms with Gasteiger partial charge in [0, 0.05) is 18.8 Å². The van der Waals surface area contributed by atoms with Gasteiger partial charge in [0.2, 0.25) is 5.91 Å². The molecule has 2 heterocycles. The van der Waals surface area contributed by atoms with Crippen molar-refractivity contribution in [1.82, 2.24) is 20.2 Å². The summed E-state index contributed by atoms with van der Waals surface area (Å²) >= 11 is 1.52. The van der Waals surface area contributed by atoms with Crippen LogP contribution in [-0.4, -0.2) is 46.0 Å². The van der Waals surface area contributed by atoms with Crippen LogP contribution in [0.2, 0.25) is 0 Å². The van der Waals surface area contributed by atoms with Crippen LogP contribution in [-0.2, 0) is 4.79 Å². The van der Waals surface area contributed by atoms with Crippen LogP contribution in [0.4, 0.5) is 0 Å². The lowest BCUT2D eigenvalue weighted by Gasteiger charge is -2.52. The Labute approximate surface area is 151 Å². The third-order valence-corrected chi connectivity index (χ3v) is 5.83. The average molecular weight is 360 g/mol. The van der Waals surface area contributed by atoms with E-state index in [4.69, 9.17) is 0 Å². The molecule has 0 bridgehead atoms. The topological polar surface area (TPSA) is 75.5 Å². The number of amides is 2. The number of nitrogens with one attached hydrogen (secondary N) is 2. The van der Waals surface area contributed by atoms with Crippen molar-refractivity contribution in [2.45, 2.75) is 26.3 Å². The predicted octanol–water partition coefficient (Wildman–Crippen LogP) is 1.96. The van der Waals surface area contributed by atoms with E-state index in [9.17, 15) is 9.59 Å². The standard InChI is InChI=1S/C18H24N4O2S/c1-18(2)12(10-19-16(23)11-25-3)9-15(18)21-17(24)13-5-4-8-22-14(13)6-7-20-22/h4-8,12,15H,9-11H2,1-3H3,(H,19,23)(H,21,24). The molecular formula is C18H24N4O2S. The third kappa shape index (κ3) is 3.51. The summed E-state index contributed by atoms with van der Waals surface area (Å²) in [5, 5.41) is 10.3. The summed E-state index contributed by atoms with van der Waals surface area (Å²) < 4.78 is 1.70. The number of rotatable bonds is 6.